The Kier molecular flexibility index (Phi) is 6.58. The lowest BCUT2D eigenvalue weighted by molar-refractivity contribution is 0.0526. The van der Waals surface area contributed by atoms with Crippen molar-refractivity contribution in [2.24, 2.45) is 4.99 Å². The Balaban J connectivity index is 1.57. The van der Waals surface area contributed by atoms with Crippen molar-refractivity contribution in [2.75, 3.05) is 53.9 Å². The van der Waals surface area contributed by atoms with Crippen LogP contribution in [0.15, 0.2) is 4.99 Å². The number of hydrogen-bond donors (Lipinski definition) is 2. The van der Waals surface area contributed by atoms with Gasteiger partial charge in [0, 0.05) is 50.3 Å². The van der Waals surface area contributed by atoms with E-state index >= 15 is 0 Å². The Labute approximate surface area is 154 Å². The number of nitrogens with one attached hydrogen (secondary N) is 2. The first-order valence-electron chi connectivity index (χ1n) is 10.2. The summed E-state index contributed by atoms with van der Waals surface area (Å²) in [6.45, 7) is 7.35. The molecule has 2 N–H and O–H groups in total. The van der Waals surface area contributed by atoms with Crippen molar-refractivity contribution in [3.63, 3.8) is 0 Å². The van der Waals surface area contributed by atoms with Crippen molar-refractivity contribution in [1.29, 1.82) is 0 Å². The first-order chi connectivity index (χ1) is 12.1. The van der Waals surface area contributed by atoms with Crippen molar-refractivity contribution in [2.45, 2.75) is 63.2 Å². The van der Waals surface area contributed by atoms with Crippen LogP contribution in [0.2, 0.25) is 0 Å². The zero-order valence-corrected chi connectivity index (χ0v) is 16.7. The molecule has 3 fully saturated rings. The average Bonchev–Trinajstić information content (AvgIpc) is 2.56. The van der Waals surface area contributed by atoms with Crippen LogP contribution in [0.1, 0.15) is 39.0 Å². The van der Waals surface area contributed by atoms with Gasteiger partial charge >= 0.3 is 0 Å². The molecule has 0 radical (unpaired) electrons. The van der Waals surface area contributed by atoms with Crippen LogP contribution in [0.4, 0.5) is 0 Å². The number of guanidine groups is 1. The van der Waals surface area contributed by atoms with Gasteiger partial charge in [-0.1, -0.05) is 6.42 Å². The number of fused-ring (bicyclic) bond motifs is 2. The molecule has 0 aromatic rings. The van der Waals surface area contributed by atoms with E-state index < -0.39 is 0 Å². The number of likely N-dealkylation sites (N-methyl/N-ethyl adjacent to an activating group) is 2. The molecule has 6 nitrogen and oxygen atoms in total. The van der Waals surface area contributed by atoms with E-state index in [1.165, 1.54) is 32.1 Å². The summed E-state index contributed by atoms with van der Waals surface area (Å²) in [7, 11) is 6.76. The maximum Gasteiger partial charge on any atom is 0.191 e. The number of rotatable bonds is 4. The van der Waals surface area contributed by atoms with Crippen LogP contribution in [0.3, 0.4) is 0 Å². The molecule has 144 valence electrons. The third-order valence-corrected chi connectivity index (χ3v) is 6.47. The van der Waals surface area contributed by atoms with Crippen LogP contribution >= 0.6 is 0 Å². The highest BCUT2D eigenvalue weighted by molar-refractivity contribution is 5.80. The Bertz CT molecular complexity index is 439. The minimum Gasteiger partial charge on any atom is -0.357 e. The fraction of sp³-hybridized carbons (Fsp3) is 0.947. The van der Waals surface area contributed by atoms with Crippen molar-refractivity contribution >= 4 is 5.96 Å². The van der Waals surface area contributed by atoms with Crippen molar-refractivity contribution in [3.8, 4) is 0 Å². The third-order valence-electron chi connectivity index (χ3n) is 6.47. The van der Waals surface area contributed by atoms with Gasteiger partial charge in [-0.3, -0.25) is 9.89 Å². The molecule has 3 atom stereocenters. The zero-order valence-electron chi connectivity index (χ0n) is 16.7. The van der Waals surface area contributed by atoms with Gasteiger partial charge in [-0.25, -0.2) is 0 Å². The molecule has 6 heteroatoms. The minimum atomic E-state index is 0.520. The van der Waals surface area contributed by atoms with Crippen LogP contribution in [0, 0.1) is 0 Å². The number of piperidine rings is 2. The van der Waals surface area contributed by atoms with E-state index in [1.807, 2.05) is 0 Å². The van der Waals surface area contributed by atoms with E-state index in [-0.39, 0.29) is 0 Å². The van der Waals surface area contributed by atoms with Gasteiger partial charge in [-0.05, 0) is 53.8 Å². The molecule has 0 saturated carbocycles. The molecule has 0 aromatic carbocycles. The van der Waals surface area contributed by atoms with Gasteiger partial charge in [0.05, 0.1) is 6.54 Å². The van der Waals surface area contributed by atoms with Crippen LogP contribution in [0.25, 0.3) is 0 Å². The minimum absolute atomic E-state index is 0.520. The van der Waals surface area contributed by atoms with Crippen molar-refractivity contribution in [3.05, 3.63) is 0 Å². The fourth-order valence-electron chi connectivity index (χ4n) is 4.74. The quantitative estimate of drug-likeness (QED) is 0.580. The zero-order chi connectivity index (χ0) is 17.8. The Morgan fingerprint density at radius 2 is 1.80 bits per heavy atom. The van der Waals surface area contributed by atoms with E-state index in [0.29, 0.717) is 12.1 Å². The van der Waals surface area contributed by atoms with E-state index in [2.05, 4.69) is 53.4 Å². The van der Waals surface area contributed by atoms with Gasteiger partial charge in [0.15, 0.2) is 5.96 Å². The molecular weight excluding hydrogens is 312 g/mol. The maximum atomic E-state index is 4.94. The van der Waals surface area contributed by atoms with Gasteiger partial charge < -0.3 is 20.4 Å². The molecule has 0 aliphatic carbocycles. The highest BCUT2D eigenvalue weighted by atomic mass is 15.3. The maximum absolute atomic E-state index is 4.94. The molecule has 3 unspecified atom stereocenters. The van der Waals surface area contributed by atoms with Gasteiger partial charge in [-0.2, -0.15) is 0 Å². The monoisotopic (exact) mass is 350 g/mol. The van der Waals surface area contributed by atoms with E-state index in [9.17, 15) is 0 Å². The van der Waals surface area contributed by atoms with E-state index in [4.69, 9.17) is 4.99 Å². The normalized spacial score (nSPS) is 35.6. The molecule has 0 aromatic heterocycles. The summed E-state index contributed by atoms with van der Waals surface area (Å²) in [6.07, 6.45) is 6.63. The van der Waals surface area contributed by atoms with Crippen molar-refractivity contribution < 1.29 is 0 Å². The second-order valence-electron chi connectivity index (χ2n) is 8.33. The van der Waals surface area contributed by atoms with Gasteiger partial charge in [0.1, 0.15) is 0 Å². The van der Waals surface area contributed by atoms with Crippen LogP contribution in [-0.4, -0.2) is 98.7 Å². The molecular formula is C19H38N6. The SMILES string of the molecule is CCNC(=NCC1CN(C)CCN1C)NC1CC2CCCC(C1)N2C. The summed E-state index contributed by atoms with van der Waals surface area (Å²) in [5, 5.41) is 7.22. The highest BCUT2D eigenvalue weighted by Gasteiger charge is 2.36. The predicted molar refractivity (Wildman–Crippen MR) is 105 cm³/mol. The summed E-state index contributed by atoms with van der Waals surface area (Å²) >= 11 is 0. The fourth-order valence-corrected chi connectivity index (χ4v) is 4.74. The lowest BCUT2D eigenvalue weighted by Gasteiger charge is -2.47. The lowest BCUT2D eigenvalue weighted by atomic mass is 9.82. The third kappa shape index (κ3) is 4.86. The largest absolute Gasteiger partial charge is 0.357 e. The Morgan fingerprint density at radius 3 is 2.48 bits per heavy atom. The molecule has 25 heavy (non-hydrogen) atoms. The number of aliphatic imine (C=N–C) groups is 1. The Morgan fingerprint density at radius 1 is 1.08 bits per heavy atom. The highest BCUT2D eigenvalue weighted by Crippen LogP contribution is 2.32. The van der Waals surface area contributed by atoms with Gasteiger partial charge in [0.25, 0.3) is 0 Å². The summed E-state index contributed by atoms with van der Waals surface area (Å²) in [5.74, 6) is 1.01. The first-order valence-corrected chi connectivity index (χ1v) is 10.2. The standard InChI is InChI=1S/C19H38N6/c1-5-20-19(21-13-18-14-23(2)9-10-24(18)3)22-15-11-16-7-6-8-17(12-15)25(16)4/h15-18H,5-14H2,1-4H3,(H2,20,21,22). The van der Waals surface area contributed by atoms with E-state index in [1.54, 1.807) is 0 Å². The Hall–Kier alpha value is -0.850. The summed E-state index contributed by atoms with van der Waals surface area (Å²) in [5.41, 5.74) is 0. The molecule has 2 bridgehead atoms. The molecule has 3 aliphatic heterocycles. The molecule has 3 rings (SSSR count). The number of nitrogens with zero attached hydrogens (tertiary/aromatic N) is 4. The topological polar surface area (TPSA) is 46.1 Å². The van der Waals surface area contributed by atoms with E-state index in [0.717, 1.165) is 50.8 Å². The molecule has 3 heterocycles. The average molecular weight is 351 g/mol. The van der Waals surface area contributed by atoms with Crippen LogP contribution in [0.5, 0.6) is 0 Å². The van der Waals surface area contributed by atoms with Crippen LogP contribution < -0.4 is 10.6 Å². The smallest absolute Gasteiger partial charge is 0.191 e. The summed E-state index contributed by atoms with van der Waals surface area (Å²) in [6, 6.07) is 2.60. The first kappa shape index (κ1) is 18.9. The lowest BCUT2D eigenvalue weighted by Crippen LogP contribution is -2.57. The van der Waals surface area contributed by atoms with Crippen LogP contribution in [-0.2, 0) is 0 Å². The number of hydrogen-bond acceptors (Lipinski definition) is 4. The molecule has 3 saturated heterocycles. The molecule has 0 amide bonds. The number of piperazine rings is 1. The second-order valence-corrected chi connectivity index (χ2v) is 8.33. The second kappa shape index (κ2) is 8.69. The summed E-state index contributed by atoms with van der Waals surface area (Å²) < 4.78 is 0. The van der Waals surface area contributed by atoms with Gasteiger partial charge in [-0.15, -0.1) is 0 Å². The van der Waals surface area contributed by atoms with Crippen molar-refractivity contribution in [1.82, 2.24) is 25.3 Å². The molecule has 3 aliphatic rings. The van der Waals surface area contributed by atoms with Gasteiger partial charge in [0.2, 0.25) is 0 Å². The molecule has 0 spiro atoms. The predicted octanol–water partition coefficient (Wildman–Crippen LogP) is 0.803. The summed E-state index contributed by atoms with van der Waals surface area (Å²) in [4.78, 5) is 12.4.